The molecule has 40 heavy (non-hydrogen) atoms. The molecule has 4 aromatic carbocycles. The first-order chi connectivity index (χ1) is 18.8. The Balaban J connectivity index is 1.68. The maximum Gasteiger partial charge on any atom is 0.272 e. The molecule has 0 amide bonds. The quantitative estimate of drug-likeness (QED) is 0.215. The van der Waals surface area contributed by atoms with Gasteiger partial charge in [-0.25, -0.2) is 8.78 Å². The van der Waals surface area contributed by atoms with Gasteiger partial charge in [-0.2, -0.15) is 0 Å². The van der Waals surface area contributed by atoms with Crippen molar-refractivity contribution in [1.82, 2.24) is 5.32 Å². The first-order valence-electron chi connectivity index (χ1n) is 13.2. The molecule has 0 aliphatic heterocycles. The number of halogens is 2. The normalized spacial score (nSPS) is 13.3. The van der Waals surface area contributed by atoms with Crippen LogP contribution in [0.1, 0.15) is 70.3 Å². The number of hydrogen-bond acceptors (Lipinski definition) is 6. The minimum atomic E-state index is -0.659. The van der Waals surface area contributed by atoms with Gasteiger partial charge in [-0.15, -0.1) is 0 Å². The predicted octanol–water partition coefficient (Wildman–Crippen LogP) is 6.71. The monoisotopic (exact) mass is 548 g/mol. The van der Waals surface area contributed by atoms with Crippen LogP contribution in [0.5, 0.6) is 11.5 Å². The van der Waals surface area contributed by atoms with E-state index in [1.165, 1.54) is 12.1 Å². The van der Waals surface area contributed by atoms with E-state index in [4.69, 9.17) is 9.47 Å². The molecule has 4 aromatic rings. The zero-order chi connectivity index (χ0) is 29.2. The zero-order valence-electron chi connectivity index (χ0n) is 23.5. The fourth-order valence-electron chi connectivity index (χ4n) is 4.40. The van der Waals surface area contributed by atoms with Crippen molar-refractivity contribution in [2.75, 3.05) is 5.32 Å². The molecule has 0 aliphatic carbocycles. The molecule has 8 heteroatoms. The lowest BCUT2D eigenvalue weighted by Crippen LogP contribution is -2.39. The maximum absolute atomic E-state index is 14.0. The number of benzene rings is 3. The highest BCUT2D eigenvalue weighted by Crippen LogP contribution is 2.32. The topological polar surface area (TPSA) is 76.7 Å². The van der Waals surface area contributed by atoms with Gasteiger partial charge in [0.15, 0.2) is 5.75 Å². The standard InChI is InChI=1S/C32H34F2N2O4/c1-18(2)39-26-12-10-20(11-13-26)27(35-19(3)22-14-23(33)17-24(34)15-22)21-8-7-9-25(16-21)36-28-29(37)30(38)31(28)40-32(4,5)6/h7-19,27,35-36H,1-6H3. The van der Waals surface area contributed by atoms with Crippen LogP contribution in [-0.4, -0.2) is 11.7 Å². The van der Waals surface area contributed by atoms with Gasteiger partial charge in [-0.05, 0) is 94.6 Å². The van der Waals surface area contributed by atoms with Gasteiger partial charge in [0.2, 0.25) is 0 Å². The van der Waals surface area contributed by atoms with Crippen molar-refractivity contribution in [3.8, 4) is 11.5 Å². The van der Waals surface area contributed by atoms with Gasteiger partial charge >= 0.3 is 0 Å². The summed E-state index contributed by atoms with van der Waals surface area (Å²) < 4.78 is 39.4. The van der Waals surface area contributed by atoms with E-state index in [9.17, 15) is 18.4 Å². The highest BCUT2D eigenvalue weighted by molar-refractivity contribution is 5.70. The summed E-state index contributed by atoms with van der Waals surface area (Å²) in [6.45, 7) is 11.1. The zero-order valence-corrected chi connectivity index (χ0v) is 23.5. The highest BCUT2D eigenvalue weighted by atomic mass is 19.1. The molecule has 0 fully saturated rings. The summed E-state index contributed by atoms with van der Waals surface area (Å²) in [7, 11) is 0. The number of rotatable bonds is 10. The fourth-order valence-corrected chi connectivity index (χ4v) is 4.40. The molecule has 0 spiro atoms. The van der Waals surface area contributed by atoms with Gasteiger partial charge in [0.25, 0.3) is 10.9 Å². The third kappa shape index (κ3) is 6.93. The molecule has 0 saturated carbocycles. The number of ether oxygens (including phenoxy) is 2. The van der Waals surface area contributed by atoms with Gasteiger partial charge in [-0.3, -0.25) is 14.9 Å². The van der Waals surface area contributed by atoms with E-state index in [-0.39, 0.29) is 17.5 Å². The van der Waals surface area contributed by atoms with Crippen molar-refractivity contribution in [3.05, 3.63) is 116 Å². The molecule has 6 nitrogen and oxygen atoms in total. The number of nitrogens with one attached hydrogen (secondary N) is 2. The molecule has 0 radical (unpaired) electrons. The smallest absolute Gasteiger partial charge is 0.272 e. The van der Waals surface area contributed by atoms with E-state index >= 15 is 0 Å². The highest BCUT2D eigenvalue weighted by Gasteiger charge is 2.27. The van der Waals surface area contributed by atoms with Gasteiger partial charge < -0.3 is 14.8 Å². The van der Waals surface area contributed by atoms with Crippen LogP contribution in [-0.2, 0) is 0 Å². The summed E-state index contributed by atoms with van der Waals surface area (Å²) in [6.07, 6.45) is 0.0213. The van der Waals surface area contributed by atoms with Crippen LogP contribution in [0.3, 0.4) is 0 Å². The van der Waals surface area contributed by atoms with E-state index < -0.39 is 40.2 Å². The lowest BCUT2D eigenvalue weighted by Gasteiger charge is -2.26. The van der Waals surface area contributed by atoms with Gasteiger partial charge in [0, 0.05) is 17.8 Å². The second kappa shape index (κ2) is 11.6. The van der Waals surface area contributed by atoms with Crippen LogP contribution < -0.4 is 31.0 Å². The number of hydrogen-bond donors (Lipinski definition) is 2. The Hall–Kier alpha value is -4.04. The van der Waals surface area contributed by atoms with Gasteiger partial charge in [0.05, 0.1) is 12.1 Å². The van der Waals surface area contributed by atoms with Gasteiger partial charge in [-0.1, -0.05) is 24.3 Å². The summed E-state index contributed by atoms with van der Waals surface area (Å²) in [5.41, 5.74) is 0.929. The largest absolute Gasteiger partial charge is 0.491 e. The van der Waals surface area contributed by atoms with E-state index in [1.807, 2.05) is 63.2 Å². The number of anilines is 2. The Morgan fingerprint density at radius 1 is 0.775 bits per heavy atom. The Morgan fingerprint density at radius 3 is 2.02 bits per heavy atom. The molecule has 0 aliphatic rings. The molecule has 2 N–H and O–H groups in total. The SMILES string of the molecule is CC(C)Oc1ccc(C(NC(C)c2cc(F)cc(F)c2)c2cccc(Nc3c(OC(C)(C)C)c(=O)c3=O)c2)cc1. The molecular formula is C32H34F2N2O4. The van der Waals surface area contributed by atoms with Crippen LogP contribution in [0.25, 0.3) is 0 Å². The van der Waals surface area contributed by atoms with Crippen molar-refractivity contribution < 1.29 is 18.3 Å². The molecule has 210 valence electrons. The summed E-state index contributed by atoms with van der Waals surface area (Å²) >= 11 is 0. The summed E-state index contributed by atoms with van der Waals surface area (Å²) in [4.78, 5) is 24.5. The van der Waals surface area contributed by atoms with Crippen LogP contribution in [0.15, 0.2) is 76.3 Å². The Morgan fingerprint density at radius 2 is 1.43 bits per heavy atom. The minimum absolute atomic E-state index is 0.0140. The molecule has 0 heterocycles. The minimum Gasteiger partial charge on any atom is -0.491 e. The maximum atomic E-state index is 14.0. The van der Waals surface area contributed by atoms with E-state index in [0.29, 0.717) is 11.3 Å². The molecular weight excluding hydrogens is 514 g/mol. The summed E-state index contributed by atoms with van der Waals surface area (Å²) in [5.74, 6) is -0.564. The van der Waals surface area contributed by atoms with Crippen molar-refractivity contribution in [1.29, 1.82) is 0 Å². The second-order valence-corrected chi connectivity index (χ2v) is 11.1. The van der Waals surface area contributed by atoms with E-state index in [0.717, 1.165) is 22.9 Å². The van der Waals surface area contributed by atoms with E-state index in [1.54, 1.807) is 26.8 Å². The Labute approximate surface area is 232 Å². The van der Waals surface area contributed by atoms with Crippen LogP contribution in [0.2, 0.25) is 0 Å². The fraction of sp³-hybridized carbons (Fsp3) is 0.312. The first kappa shape index (κ1) is 29.0. The van der Waals surface area contributed by atoms with Crippen molar-refractivity contribution in [2.45, 2.75) is 65.3 Å². The van der Waals surface area contributed by atoms with Crippen LogP contribution >= 0.6 is 0 Å². The van der Waals surface area contributed by atoms with Gasteiger partial charge in [0.1, 0.15) is 28.7 Å². The van der Waals surface area contributed by atoms with Crippen molar-refractivity contribution in [2.24, 2.45) is 0 Å². The van der Waals surface area contributed by atoms with Crippen molar-refractivity contribution >= 4 is 11.4 Å². The summed E-state index contributed by atoms with van der Waals surface area (Å²) in [6, 6.07) is 17.6. The molecule has 0 aromatic heterocycles. The Bertz CT molecular complexity index is 1530. The first-order valence-corrected chi connectivity index (χ1v) is 13.2. The lowest BCUT2D eigenvalue weighted by molar-refractivity contribution is 0.128. The molecule has 0 bridgehead atoms. The predicted molar refractivity (Wildman–Crippen MR) is 153 cm³/mol. The van der Waals surface area contributed by atoms with Crippen LogP contribution in [0, 0.1) is 11.6 Å². The van der Waals surface area contributed by atoms with Crippen molar-refractivity contribution in [3.63, 3.8) is 0 Å². The molecule has 2 atom stereocenters. The average Bonchev–Trinajstić information content (AvgIpc) is 2.88. The molecule has 2 unspecified atom stereocenters. The van der Waals surface area contributed by atoms with E-state index in [2.05, 4.69) is 10.6 Å². The third-order valence-electron chi connectivity index (χ3n) is 6.15. The second-order valence-electron chi connectivity index (χ2n) is 11.1. The molecule has 4 rings (SSSR count). The van der Waals surface area contributed by atoms with Crippen LogP contribution in [0.4, 0.5) is 20.2 Å². The summed E-state index contributed by atoms with van der Waals surface area (Å²) in [5, 5.41) is 6.53. The average molecular weight is 549 g/mol. The Kier molecular flexibility index (Phi) is 8.40. The third-order valence-corrected chi connectivity index (χ3v) is 6.15. The lowest BCUT2D eigenvalue weighted by atomic mass is 9.96. The molecule has 0 saturated heterocycles.